The Morgan fingerprint density at radius 2 is 1.95 bits per heavy atom. The predicted molar refractivity (Wildman–Crippen MR) is 72.9 cm³/mol. The van der Waals surface area contributed by atoms with Crippen LogP contribution in [-0.4, -0.2) is 6.04 Å². The van der Waals surface area contributed by atoms with Gasteiger partial charge in [-0.25, -0.2) is 8.78 Å². The molecule has 104 valence electrons. The Hall–Kier alpha value is -1.63. The van der Waals surface area contributed by atoms with Crippen LogP contribution in [0.2, 0.25) is 0 Å². The summed E-state index contributed by atoms with van der Waals surface area (Å²) in [4.78, 5) is 0. The van der Waals surface area contributed by atoms with E-state index in [-0.39, 0.29) is 17.3 Å². The zero-order valence-corrected chi connectivity index (χ0v) is 11.5. The lowest BCUT2D eigenvalue weighted by Crippen LogP contribution is -2.16. The normalized spacial score (nSPS) is 11.9. The van der Waals surface area contributed by atoms with E-state index in [0.717, 1.165) is 19.3 Å². The molecular weight excluding hydrogens is 246 g/mol. The minimum Gasteiger partial charge on any atom is -0.380 e. The number of halogens is 2. The van der Waals surface area contributed by atoms with E-state index in [1.54, 1.807) is 6.07 Å². The van der Waals surface area contributed by atoms with Crippen molar-refractivity contribution in [2.75, 3.05) is 5.32 Å². The fourth-order valence-electron chi connectivity index (χ4n) is 1.96. The molecule has 1 N–H and O–H groups in total. The topological polar surface area (TPSA) is 35.8 Å². The van der Waals surface area contributed by atoms with Crippen LogP contribution in [0.3, 0.4) is 0 Å². The Kier molecular flexibility index (Phi) is 6.27. The van der Waals surface area contributed by atoms with E-state index in [1.807, 2.05) is 6.92 Å². The molecule has 1 atom stereocenters. The molecule has 0 radical (unpaired) electrons. The predicted octanol–water partition coefficient (Wildman–Crippen LogP) is 4.61. The maximum absolute atomic E-state index is 13.7. The maximum Gasteiger partial charge on any atom is 0.183 e. The Labute approximate surface area is 113 Å². The quantitative estimate of drug-likeness (QED) is 0.732. The summed E-state index contributed by atoms with van der Waals surface area (Å²) in [7, 11) is 0. The molecule has 0 aromatic heterocycles. The van der Waals surface area contributed by atoms with Gasteiger partial charge in [0.15, 0.2) is 11.6 Å². The SMILES string of the molecule is CCCCCCC(C)Nc1ccc(C#N)c(F)c1F. The molecule has 0 aliphatic heterocycles. The maximum atomic E-state index is 13.7. The van der Waals surface area contributed by atoms with Gasteiger partial charge in [0.25, 0.3) is 0 Å². The lowest BCUT2D eigenvalue weighted by molar-refractivity contribution is 0.506. The van der Waals surface area contributed by atoms with Gasteiger partial charge in [0.2, 0.25) is 0 Å². The second-order valence-corrected chi connectivity index (χ2v) is 4.80. The number of hydrogen-bond donors (Lipinski definition) is 1. The third kappa shape index (κ3) is 4.51. The molecule has 0 aliphatic carbocycles. The lowest BCUT2D eigenvalue weighted by atomic mass is 10.1. The van der Waals surface area contributed by atoms with Crippen LogP contribution in [-0.2, 0) is 0 Å². The minimum atomic E-state index is -1.08. The van der Waals surface area contributed by atoms with Gasteiger partial charge in [-0.1, -0.05) is 32.6 Å². The number of nitriles is 1. The fraction of sp³-hybridized carbons (Fsp3) is 0.533. The van der Waals surface area contributed by atoms with Crippen molar-refractivity contribution >= 4 is 5.69 Å². The summed E-state index contributed by atoms with van der Waals surface area (Å²) in [6.45, 7) is 4.10. The molecule has 1 unspecified atom stereocenters. The van der Waals surface area contributed by atoms with Gasteiger partial charge in [-0.3, -0.25) is 0 Å². The van der Waals surface area contributed by atoms with E-state index in [0.29, 0.717) is 0 Å². The van der Waals surface area contributed by atoms with E-state index in [4.69, 9.17) is 5.26 Å². The van der Waals surface area contributed by atoms with Crippen molar-refractivity contribution in [1.29, 1.82) is 5.26 Å². The molecule has 0 bridgehead atoms. The highest BCUT2D eigenvalue weighted by atomic mass is 19.2. The van der Waals surface area contributed by atoms with Crippen molar-refractivity contribution in [2.45, 2.75) is 52.0 Å². The Morgan fingerprint density at radius 3 is 2.58 bits per heavy atom. The number of rotatable bonds is 7. The van der Waals surface area contributed by atoms with Crippen LogP contribution in [0.5, 0.6) is 0 Å². The molecule has 19 heavy (non-hydrogen) atoms. The van der Waals surface area contributed by atoms with Crippen LogP contribution >= 0.6 is 0 Å². The van der Waals surface area contributed by atoms with Crippen molar-refractivity contribution in [3.05, 3.63) is 29.3 Å². The largest absolute Gasteiger partial charge is 0.380 e. The summed E-state index contributed by atoms with van der Waals surface area (Å²) in [5.41, 5.74) is -0.141. The average Bonchev–Trinajstić information content (AvgIpc) is 2.40. The summed E-state index contributed by atoms with van der Waals surface area (Å²) in [6, 6.07) is 4.42. The highest BCUT2D eigenvalue weighted by Crippen LogP contribution is 2.21. The first kappa shape index (κ1) is 15.4. The summed E-state index contributed by atoms with van der Waals surface area (Å²) < 4.78 is 27.1. The van der Waals surface area contributed by atoms with Crippen LogP contribution in [0.25, 0.3) is 0 Å². The molecule has 0 saturated heterocycles. The monoisotopic (exact) mass is 266 g/mol. The molecule has 0 spiro atoms. The smallest absolute Gasteiger partial charge is 0.183 e. The summed E-state index contributed by atoms with van der Waals surface area (Å²) in [5, 5.41) is 11.6. The highest BCUT2D eigenvalue weighted by molar-refractivity contribution is 5.50. The molecule has 0 saturated carbocycles. The second-order valence-electron chi connectivity index (χ2n) is 4.80. The van der Waals surface area contributed by atoms with Crippen molar-refractivity contribution < 1.29 is 8.78 Å². The Balaban J connectivity index is 2.58. The lowest BCUT2D eigenvalue weighted by Gasteiger charge is -2.16. The molecular formula is C15H20F2N2. The third-order valence-electron chi connectivity index (χ3n) is 3.10. The first-order chi connectivity index (χ1) is 9.10. The zero-order chi connectivity index (χ0) is 14.3. The first-order valence-electron chi connectivity index (χ1n) is 6.74. The third-order valence-corrected chi connectivity index (χ3v) is 3.10. The molecule has 1 aromatic rings. The van der Waals surface area contributed by atoms with Crippen LogP contribution in [0.1, 0.15) is 51.5 Å². The van der Waals surface area contributed by atoms with Crippen LogP contribution in [0, 0.1) is 23.0 Å². The molecule has 1 rings (SSSR count). The summed E-state index contributed by atoms with van der Waals surface area (Å²) >= 11 is 0. The number of hydrogen-bond acceptors (Lipinski definition) is 2. The van der Waals surface area contributed by atoms with Crippen LogP contribution < -0.4 is 5.32 Å². The second kappa shape index (κ2) is 7.73. The van der Waals surface area contributed by atoms with Crippen LogP contribution in [0.4, 0.5) is 14.5 Å². The number of nitrogens with one attached hydrogen (secondary N) is 1. The van der Waals surface area contributed by atoms with Gasteiger partial charge < -0.3 is 5.32 Å². The van der Waals surface area contributed by atoms with Gasteiger partial charge in [-0.05, 0) is 25.5 Å². The van der Waals surface area contributed by atoms with Crippen molar-refractivity contribution in [3.8, 4) is 6.07 Å². The molecule has 1 aromatic carbocycles. The van der Waals surface area contributed by atoms with Gasteiger partial charge in [0.05, 0.1) is 11.3 Å². The van der Waals surface area contributed by atoms with E-state index in [1.165, 1.54) is 25.0 Å². The number of anilines is 1. The summed E-state index contributed by atoms with van der Waals surface area (Å²) in [6.07, 6.45) is 5.53. The number of nitrogens with zero attached hydrogens (tertiary/aromatic N) is 1. The molecule has 0 aliphatic rings. The van der Waals surface area contributed by atoms with Crippen molar-refractivity contribution in [3.63, 3.8) is 0 Å². The zero-order valence-electron chi connectivity index (χ0n) is 11.5. The number of benzene rings is 1. The molecule has 0 heterocycles. The van der Waals surface area contributed by atoms with E-state index in [2.05, 4.69) is 12.2 Å². The number of unbranched alkanes of at least 4 members (excludes halogenated alkanes) is 3. The average molecular weight is 266 g/mol. The van der Waals surface area contributed by atoms with Gasteiger partial charge in [-0.15, -0.1) is 0 Å². The highest BCUT2D eigenvalue weighted by Gasteiger charge is 2.14. The standard InChI is InChI=1S/C15H20F2N2/c1-3-4-5-6-7-11(2)19-13-9-8-12(10-18)14(16)15(13)17/h8-9,11,19H,3-7H2,1-2H3. The minimum absolute atomic E-state index is 0.0821. The first-order valence-corrected chi connectivity index (χ1v) is 6.74. The Morgan fingerprint density at radius 1 is 1.21 bits per heavy atom. The Bertz CT molecular complexity index is 452. The summed E-state index contributed by atoms with van der Waals surface area (Å²) in [5.74, 6) is -2.05. The molecule has 0 fully saturated rings. The van der Waals surface area contributed by atoms with Crippen LogP contribution in [0.15, 0.2) is 12.1 Å². The van der Waals surface area contributed by atoms with Gasteiger partial charge >= 0.3 is 0 Å². The fourth-order valence-corrected chi connectivity index (χ4v) is 1.96. The van der Waals surface area contributed by atoms with Crippen molar-refractivity contribution in [2.24, 2.45) is 0 Å². The molecule has 2 nitrogen and oxygen atoms in total. The van der Waals surface area contributed by atoms with Gasteiger partial charge in [0.1, 0.15) is 6.07 Å². The molecule has 4 heteroatoms. The molecule has 0 amide bonds. The van der Waals surface area contributed by atoms with Crippen molar-refractivity contribution in [1.82, 2.24) is 0 Å². The van der Waals surface area contributed by atoms with E-state index >= 15 is 0 Å². The van der Waals surface area contributed by atoms with E-state index < -0.39 is 11.6 Å². The van der Waals surface area contributed by atoms with Gasteiger partial charge in [0, 0.05) is 6.04 Å². The van der Waals surface area contributed by atoms with Gasteiger partial charge in [-0.2, -0.15) is 5.26 Å². The van der Waals surface area contributed by atoms with E-state index in [9.17, 15) is 8.78 Å².